The van der Waals surface area contributed by atoms with E-state index >= 15 is 0 Å². The van der Waals surface area contributed by atoms with Gasteiger partial charge in [0, 0.05) is 11.5 Å². The number of rotatable bonds is 5. The molecule has 26 heavy (non-hydrogen) atoms. The van der Waals surface area contributed by atoms with Crippen molar-refractivity contribution in [3.8, 4) is 0 Å². The fourth-order valence-electron chi connectivity index (χ4n) is 3.33. The van der Waals surface area contributed by atoms with Gasteiger partial charge in [0.25, 0.3) is 5.91 Å². The van der Waals surface area contributed by atoms with Crippen LogP contribution < -0.4 is 10.6 Å². The third kappa shape index (κ3) is 2.58. The van der Waals surface area contributed by atoms with Gasteiger partial charge in [-0.2, -0.15) is 0 Å². The zero-order chi connectivity index (χ0) is 19.4. The van der Waals surface area contributed by atoms with Crippen LogP contribution in [0.3, 0.4) is 0 Å². The molecule has 0 radical (unpaired) electrons. The normalized spacial score (nSPS) is 27.3. The topological polar surface area (TPSA) is 95.5 Å². The maximum Gasteiger partial charge on any atom is 0.322 e. The molecule has 1 aromatic rings. The summed E-state index contributed by atoms with van der Waals surface area (Å²) in [5.41, 5.74) is -2.93. The second-order valence-electron chi connectivity index (χ2n) is 6.21. The number of hydrogen-bond acceptors (Lipinski definition) is 3. The first-order valence-corrected chi connectivity index (χ1v) is 7.47. The van der Waals surface area contributed by atoms with E-state index in [4.69, 9.17) is 5.11 Å². The number of urea groups is 1. The van der Waals surface area contributed by atoms with Gasteiger partial charge >= 0.3 is 12.0 Å². The maximum atomic E-state index is 13.8. The molecule has 1 aliphatic heterocycles. The Morgan fingerprint density at radius 2 is 1.58 bits per heavy atom. The second-order valence-corrected chi connectivity index (χ2v) is 6.21. The first-order chi connectivity index (χ1) is 12.1. The summed E-state index contributed by atoms with van der Waals surface area (Å²) in [4.78, 5) is 34.7. The van der Waals surface area contributed by atoms with Crippen LogP contribution in [0.5, 0.6) is 0 Å². The van der Waals surface area contributed by atoms with E-state index in [1.807, 2.05) is 5.32 Å². The van der Waals surface area contributed by atoms with Crippen molar-refractivity contribution in [2.24, 2.45) is 11.8 Å². The maximum absolute atomic E-state index is 13.8. The van der Waals surface area contributed by atoms with Crippen LogP contribution in [0.1, 0.15) is 18.4 Å². The number of aliphatic carboxylic acids is 1. The number of benzene rings is 1. The van der Waals surface area contributed by atoms with Gasteiger partial charge in [-0.05, 0) is 19.3 Å². The number of halogens is 5. The van der Waals surface area contributed by atoms with Crippen molar-refractivity contribution in [2.45, 2.75) is 24.8 Å². The summed E-state index contributed by atoms with van der Waals surface area (Å²) in [7, 11) is 0. The van der Waals surface area contributed by atoms with Gasteiger partial charge in [0.05, 0.1) is 5.92 Å². The number of hydrogen-bond donors (Lipinski definition) is 3. The van der Waals surface area contributed by atoms with Gasteiger partial charge in [-0.3, -0.25) is 14.9 Å². The first-order valence-electron chi connectivity index (χ1n) is 7.47. The Labute approximate surface area is 142 Å². The number of carbonyl (C=O) groups excluding carboxylic acids is 2. The van der Waals surface area contributed by atoms with Crippen molar-refractivity contribution in [3.63, 3.8) is 0 Å². The Kier molecular flexibility index (Phi) is 4.12. The van der Waals surface area contributed by atoms with Crippen LogP contribution in [0.25, 0.3) is 0 Å². The number of carbonyl (C=O) groups is 3. The van der Waals surface area contributed by atoms with E-state index in [0.717, 1.165) is 0 Å². The molecule has 1 saturated heterocycles. The third-order valence-electron chi connectivity index (χ3n) is 4.78. The molecule has 1 aliphatic carbocycles. The fourth-order valence-corrected chi connectivity index (χ4v) is 3.33. The predicted octanol–water partition coefficient (Wildman–Crippen LogP) is 1.61. The summed E-state index contributed by atoms with van der Waals surface area (Å²) >= 11 is 0. The van der Waals surface area contributed by atoms with Crippen LogP contribution in [-0.4, -0.2) is 28.6 Å². The number of amides is 3. The van der Waals surface area contributed by atoms with E-state index in [1.54, 1.807) is 0 Å². The van der Waals surface area contributed by atoms with Gasteiger partial charge in [0.2, 0.25) is 5.82 Å². The lowest BCUT2D eigenvalue weighted by Crippen LogP contribution is -2.50. The minimum Gasteiger partial charge on any atom is -0.481 e. The Morgan fingerprint density at radius 3 is 2.00 bits per heavy atom. The lowest BCUT2D eigenvalue weighted by atomic mass is 9.85. The average molecular weight is 378 g/mol. The van der Waals surface area contributed by atoms with Crippen molar-refractivity contribution in [3.05, 3.63) is 34.6 Å². The van der Waals surface area contributed by atoms with E-state index in [-0.39, 0.29) is 6.42 Å². The minimum atomic E-state index is -2.31. The van der Waals surface area contributed by atoms with Crippen molar-refractivity contribution in [1.29, 1.82) is 0 Å². The smallest absolute Gasteiger partial charge is 0.322 e. The Balaban J connectivity index is 1.93. The summed E-state index contributed by atoms with van der Waals surface area (Å²) in [5, 5.41) is 13.2. The summed E-state index contributed by atoms with van der Waals surface area (Å²) in [6.07, 6.45) is -1.28. The van der Waals surface area contributed by atoms with Gasteiger partial charge in [0.1, 0.15) is 5.54 Å². The molecular formula is C15H11F5N2O4. The van der Waals surface area contributed by atoms with E-state index in [1.165, 1.54) is 0 Å². The summed E-state index contributed by atoms with van der Waals surface area (Å²) in [6.45, 7) is 0. The highest BCUT2D eigenvalue weighted by Gasteiger charge is 2.62. The van der Waals surface area contributed by atoms with Gasteiger partial charge in [-0.1, -0.05) is 0 Å². The van der Waals surface area contributed by atoms with Crippen LogP contribution in [-0.2, 0) is 16.0 Å². The van der Waals surface area contributed by atoms with Crippen molar-refractivity contribution in [2.75, 3.05) is 0 Å². The van der Waals surface area contributed by atoms with E-state index < -0.39 is 82.8 Å². The fraction of sp³-hybridized carbons (Fsp3) is 0.400. The molecule has 6 nitrogen and oxygen atoms in total. The van der Waals surface area contributed by atoms with Gasteiger partial charge < -0.3 is 10.4 Å². The number of imide groups is 1. The van der Waals surface area contributed by atoms with Gasteiger partial charge in [-0.25, -0.2) is 26.7 Å². The van der Waals surface area contributed by atoms with Gasteiger partial charge in [0.15, 0.2) is 23.3 Å². The molecule has 0 bridgehead atoms. The lowest BCUT2D eigenvalue weighted by molar-refractivity contribution is -0.139. The molecule has 1 saturated carbocycles. The molecule has 2 aliphatic rings. The SMILES string of the molecule is O=C1NC(=O)C(CCc2c(F)c(F)c(F)c(F)c2F)(C2CC2C(=O)O)N1. The van der Waals surface area contributed by atoms with Crippen LogP contribution in [0.15, 0.2) is 0 Å². The van der Waals surface area contributed by atoms with E-state index in [2.05, 4.69) is 5.32 Å². The highest BCUT2D eigenvalue weighted by atomic mass is 19.2. The average Bonchev–Trinajstić information content (AvgIpc) is 3.33. The number of nitrogens with one attached hydrogen (secondary N) is 2. The van der Waals surface area contributed by atoms with Gasteiger partial charge in [-0.15, -0.1) is 0 Å². The molecule has 3 rings (SSSR count). The minimum absolute atomic E-state index is 0.0279. The van der Waals surface area contributed by atoms with E-state index in [0.29, 0.717) is 0 Å². The molecule has 0 aromatic heterocycles. The zero-order valence-electron chi connectivity index (χ0n) is 12.8. The molecule has 1 aromatic carbocycles. The molecule has 3 N–H and O–H groups in total. The van der Waals surface area contributed by atoms with Crippen molar-refractivity contribution >= 4 is 17.9 Å². The van der Waals surface area contributed by atoms with Crippen LogP contribution >= 0.6 is 0 Å². The number of carboxylic acids is 1. The highest BCUT2D eigenvalue weighted by Crippen LogP contribution is 2.49. The predicted molar refractivity (Wildman–Crippen MR) is 73.2 cm³/mol. The molecule has 2 fully saturated rings. The zero-order valence-corrected chi connectivity index (χ0v) is 12.8. The molecule has 11 heteroatoms. The highest BCUT2D eigenvalue weighted by molar-refractivity contribution is 6.07. The van der Waals surface area contributed by atoms with Crippen LogP contribution in [0.2, 0.25) is 0 Å². The Morgan fingerprint density at radius 1 is 1.04 bits per heavy atom. The van der Waals surface area contributed by atoms with Crippen molar-refractivity contribution in [1.82, 2.24) is 10.6 Å². The third-order valence-corrected chi connectivity index (χ3v) is 4.78. The lowest BCUT2D eigenvalue weighted by Gasteiger charge is -2.26. The molecule has 140 valence electrons. The standard InChI is InChI=1S/C15H11F5N2O4/c16-7-4(8(17)10(19)11(20)9(7)18)1-2-15(6-3-5(6)12(23)24)13(25)21-14(26)22-15/h5-6H,1-3H2,(H,23,24)(H2,21,22,25,26). The Hall–Kier alpha value is -2.72. The summed E-state index contributed by atoms with van der Waals surface area (Å²) in [6, 6.07) is -0.927. The molecule has 3 unspecified atom stereocenters. The molecule has 3 atom stereocenters. The summed E-state index contributed by atoms with van der Waals surface area (Å²) in [5.74, 6) is -14.6. The van der Waals surface area contributed by atoms with E-state index in [9.17, 15) is 36.3 Å². The van der Waals surface area contributed by atoms with Crippen LogP contribution in [0, 0.1) is 40.9 Å². The second kappa shape index (κ2) is 5.92. The molecule has 3 amide bonds. The largest absolute Gasteiger partial charge is 0.481 e. The first kappa shape index (κ1) is 18.1. The quantitative estimate of drug-likeness (QED) is 0.314. The monoisotopic (exact) mass is 378 g/mol. The van der Waals surface area contributed by atoms with Crippen molar-refractivity contribution < 1.29 is 41.4 Å². The molecule has 1 heterocycles. The van der Waals surface area contributed by atoms with Crippen LogP contribution in [0.4, 0.5) is 26.7 Å². The summed E-state index contributed by atoms with van der Waals surface area (Å²) < 4.78 is 67.3. The Bertz CT molecular complexity index is 817. The molecule has 0 spiro atoms. The molecular weight excluding hydrogens is 367 g/mol. The number of carboxylic acid groups (broad SMARTS) is 1.